The molecule has 1 saturated carbocycles. The van der Waals surface area contributed by atoms with Gasteiger partial charge in [-0.05, 0) is 12.8 Å². The van der Waals surface area contributed by atoms with Gasteiger partial charge in [-0.1, -0.05) is 0 Å². The monoisotopic (exact) mass is 154 g/mol. The number of halogens is 2. The fraction of sp³-hybridized carbons (Fsp3) is 1.00. The normalized spacial score (nSPS) is 35.6. The maximum absolute atomic E-state index is 8.90. The second-order valence-corrected chi connectivity index (χ2v) is 3.89. The summed E-state index contributed by atoms with van der Waals surface area (Å²) in [6, 6.07) is 0. The first-order valence-electron chi connectivity index (χ1n) is 2.66. The Morgan fingerprint density at radius 2 is 2.12 bits per heavy atom. The van der Waals surface area contributed by atoms with E-state index in [4.69, 9.17) is 28.3 Å². The van der Waals surface area contributed by atoms with Crippen LogP contribution < -0.4 is 0 Å². The number of aliphatic hydroxyl groups is 1. The first-order chi connectivity index (χ1) is 3.60. The first-order valence-corrected chi connectivity index (χ1v) is 3.42. The summed E-state index contributed by atoms with van der Waals surface area (Å²) in [6.45, 7) is 0. The van der Waals surface area contributed by atoms with Crippen LogP contribution in [0.5, 0.6) is 0 Å². The van der Waals surface area contributed by atoms with Gasteiger partial charge in [0.2, 0.25) is 0 Å². The van der Waals surface area contributed by atoms with Crippen LogP contribution in [-0.4, -0.2) is 15.5 Å². The third-order valence-electron chi connectivity index (χ3n) is 1.38. The third kappa shape index (κ3) is 1.51. The summed E-state index contributed by atoms with van der Waals surface area (Å²) in [7, 11) is 0. The van der Waals surface area contributed by atoms with E-state index in [-0.39, 0.29) is 6.10 Å². The van der Waals surface area contributed by atoms with Crippen LogP contribution in [0.2, 0.25) is 0 Å². The third-order valence-corrected chi connectivity index (χ3v) is 2.06. The predicted octanol–water partition coefficient (Wildman–Crippen LogP) is 1.71. The molecule has 1 unspecified atom stereocenters. The summed E-state index contributed by atoms with van der Waals surface area (Å²) in [4.78, 5) is 0. The summed E-state index contributed by atoms with van der Waals surface area (Å²) in [5.41, 5.74) is 0. The van der Waals surface area contributed by atoms with Crippen LogP contribution in [0.25, 0.3) is 0 Å². The maximum Gasteiger partial charge on any atom is 0.120 e. The Hall–Kier alpha value is 0.540. The number of hydrogen-bond acceptors (Lipinski definition) is 1. The van der Waals surface area contributed by atoms with E-state index in [1.54, 1.807) is 0 Å². The van der Waals surface area contributed by atoms with Crippen LogP contribution in [0.15, 0.2) is 0 Å². The van der Waals surface area contributed by atoms with Crippen molar-refractivity contribution in [3.8, 4) is 0 Å². The molecule has 1 N–H and O–H groups in total. The van der Waals surface area contributed by atoms with Gasteiger partial charge >= 0.3 is 0 Å². The van der Waals surface area contributed by atoms with Crippen molar-refractivity contribution in [1.29, 1.82) is 0 Å². The van der Waals surface area contributed by atoms with Gasteiger partial charge in [-0.2, -0.15) is 0 Å². The van der Waals surface area contributed by atoms with Gasteiger partial charge in [0, 0.05) is 6.42 Å². The summed E-state index contributed by atoms with van der Waals surface area (Å²) in [5, 5.41) is 8.90. The molecular weight excluding hydrogens is 147 g/mol. The van der Waals surface area contributed by atoms with Gasteiger partial charge in [0.25, 0.3) is 0 Å². The first kappa shape index (κ1) is 6.66. The number of hydrogen-bond donors (Lipinski definition) is 1. The quantitative estimate of drug-likeness (QED) is 0.528. The van der Waals surface area contributed by atoms with Gasteiger partial charge in [0.1, 0.15) is 4.33 Å². The lowest BCUT2D eigenvalue weighted by Gasteiger charge is -2.08. The van der Waals surface area contributed by atoms with Crippen LogP contribution in [0, 0.1) is 0 Å². The lowest BCUT2D eigenvalue weighted by Crippen LogP contribution is -2.07. The van der Waals surface area contributed by atoms with E-state index in [9.17, 15) is 0 Å². The Morgan fingerprint density at radius 3 is 2.25 bits per heavy atom. The molecule has 1 fully saturated rings. The average molecular weight is 155 g/mol. The van der Waals surface area contributed by atoms with Crippen molar-refractivity contribution in [2.24, 2.45) is 0 Å². The molecule has 0 amide bonds. The molecule has 0 spiro atoms. The molecule has 1 aliphatic rings. The van der Waals surface area contributed by atoms with Crippen molar-refractivity contribution in [3.05, 3.63) is 0 Å². The van der Waals surface area contributed by atoms with Gasteiger partial charge < -0.3 is 5.11 Å². The Labute approximate surface area is 58.6 Å². The molecule has 48 valence electrons. The zero-order valence-electron chi connectivity index (χ0n) is 4.40. The van der Waals surface area contributed by atoms with Crippen LogP contribution in [0.4, 0.5) is 0 Å². The van der Waals surface area contributed by atoms with E-state index in [0.717, 1.165) is 12.8 Å². The van der Waals surface area contributed by atoms with Crippen LogP contribution in [-0.2, 0) is 0 Å². The van der Waals surface area contributed by atoms with Crippen molar-refractivity contribution >= 4 is 23.2 Å². The highest BCUT2D eigenvalue weighted by atomic mass is 35.5. The van der Waals surface area contributed by atoms with E-state index in [1.807, 2.05) is 0 Å². The molecule has 3 heteroatoms. The molecule has 1 nitrogen and oxygen atoms in total. The summed E-state index contributed by atoms with van der Waals surface area (Å²) >= 11 is 11.3. The number of rotatable bonds is 0. The Kier molecular flexibility index (Phi) is 1.71. The molecule has 8 heavy (non-hydrogen) atoms. The standard InChI is InChI=1S/C5H8Cl2O/c6-5(7)2-1-4(8)3-5/h4,8H,1-3H2. The zero-order valence-corrected chi connectivity index (χ0v) is 5.91. The van der Waals surface area contributed by atoms with Crippen molar-refractivity contribution < 1.29 is 5.11 Å². The molecule has 0 radical (unpaired) electrons. The molecule has 1 atom stereocenters. The van der Waals surface area contributed by atoms with E-state index in [2.05, 4.69) is 0 Å². The van der Waals surface area contributed by atoms with Crippen molar-refractivity contribution in [2.75, 3.05) is 0 Å². The molecule has 0 heterocycles. The highest BCUT2D eigenvalue weighted by molar-refractivity contribution is 6.48. The minimum atomic E-state index is -0.639. The average Bonchev–Trinajstić information content (AvgIpc) is 1.82. The maximum atomic E-state index is 8.90. The SMILES string of the molecule is OC1CCC(Cl)(Cl)C1. The van der Waals surface area contributed by atoms with Gasteiger partial charge in [-0.25, -0.2) is 0 Å². The summed E-state index contributed by atoms with van der Waals surface area (Å²) in [5.74, 6) is 0. The van der Waals surface area contributed by atoms with E-state index in [0.29, 0.717) is 6.42 Å². The second-order valence-electron chi connectivity index (χ2n) is 2.25. The summed E-state index contributed by atoms with van der Waals surface area (Å²) < 4.78 is -0.639. The molecule has 0 aromatic heterocycles. The molecule has 0 aliphatic heterocycles. The Balaban J connectivity index is 2.44. The zero-order chi connectivity index (χ0) is 6.20. The Bertz CT molecular complexity index is 92.4. The molecule has 0 bridgehead atoms. The number of aliphatic hydroxyl groups excluding tert-OH is 1. The van der Waals surface area contributed by atoms with Gasteiger partial charge in [-0.15, -0.1) is 23.2 Å². The minimum Gasteiger partial charge on any atom is -0.393 e. The van der Waals surface area contributed by atoms with Gasteiger partial charge in [0.15, 0.2) is 0 Å². The molecule has 0 aromatic carbocycles. The van der Waals surface area contributed by atoms with E-state index >= 15 is 0 Å². The van der Waals surface area contributed by atoms with E-state index in [1.165, 1.54) is 0 Å². The predicted molar refractivity (Wildman–Crippen MR) is 34.3 cm³/mol. The highest BCUT2D eigenvalue weighted by Gasteiger charge is 2.34. The van der Waals surface area contributed by atoms with E-state index < -0.39 is 4.33 Å². The van der Waals surface area contributed by atoms with Crippen molar-refractivity contribution in [2.45, 2.75) is 29.7 Å². The molecular formula is C5H8Cl2O. The molecule has 0 aromatic rings. The molecule has 1 rings (SSSR count). The van der Waals surface area contributed by atoms with Crippen molar-refractivity contribution in [3.63, 3.8) is 0 Å². The second kappa shape index (κ2) is 2.05. The Morgan fingerprint density at radius 1 is 1.50 bits per heavy atom. The lowest BCUT2D eigenvalue weighted by molar-refractivity contribution is 0.182. The fourth-order valence-electron chi connectivity index (χ4n) is 0.927. The van der Waals surface area contributed by atoms with Gasteiger partial charge in [0.05, 0.1) is 6.10 Å². The van der Waals surface area contributed by atoms with Crippen LogP contribution >= 0.6 is 23.2 Å². The number of alkyl halides is 2. The van der Waals surface area contributed by atoms with Crippen molar-refractivity contribution in [1.82, 2.24) is 0 Å². The van der Waals surface area contributed by atoms with Crippen LogP contribution in [0.3, 0.4) is 0 Å². The van der Waals surface area contributed by atoms with Gasteiger partial charge in [-0.3, -0.25) is 0 Å². The molecule has 1 aliphatic carbocycles. The largest absolute Gasteiger partial charge is 0.393 e. The lowest BCUT2D eigenvalue weighted by atomic mass is 10.3. The fourth-order valence-corrected chi connectivity index (χ4v) is 1.50. The topological polar surface area (TPSA) is 20.2 Å². The minimum absolute atomic E-state index is 0.273. The smallest absolute Gasteiger partial charge is 0.120 e. The molecule has 0 saturated heterocycles. The summed E-state index contributed by atoms with van der Waals surface area (Å²) in [6.07, 6.45) is 1.71. The highest BCUT2D eigenvalue weighted by Crippen LogP contribution is 2.39. The van der Waals surface area contributed by atoms with Crippen LogP contribution in [0.1, 0.15) is 19.3 Å².